The van der Waals surface area contributed by atoms with Crippen LogP contribution in [-0.4, -0.2) is 11.9 Å². The third kappa shape index (κ3) is 5.70. The van der Waals surface area contributed by atoms with Gasteiger partial charge in [0, 0.05) is 17.9 Å². The summed E-state index contributed by atoms with van der Waals surface area (Å²) in [5, 5.41) is 0.499. The molecule has 0 radical (unpaired) electrons. The first-order chi connectivity index (χ1) is 11.6. The lowest BCUT2D eigenvalue weighted by Gasteiger charge is -2.08. The Morgan fingerprint density at radius 2 is 1.67 bits per heavy atom. The number of carbonyl (C=O) groups is 2. The molecule has 0 fully saturated rings. The van der Waals surface area contributed by atoms with Gasteiger partial charge in [0.25, 0.3) is 0 Å². The summed E-state index contributed by atoms with van der Waals surface area (Å²) in [4.78, 5) is 23.6. The van der Waals surface area contributed by atoms with Gasteiger partial charge in [-0.05, 0) is 42.7 Å². The molecule has 0 aliphatic rings. The molecule has 5 heteroatoms. The van der Waals surface area contributed by atoms with Gasteiger partial charge < -0.3 is 9.47 Å². The van der Waals surface area contributed by atoms with Crippen LogP contribution in [0.2, 0.25) is 5.02 Å². The Labute approximate surface area is 146 Å². The van der Waals surface area contributed by atoms with Crippen LogP contribution in [0.4, 0.5) is 0 Å². The first kappa shape index (κ1) is 18.0. The van der Waals surface area contributed by atoms with Crippen LogP contribution in [0, 0.1) is 0 Å². The second-order valence-electron chi connectivity index (χ2n) is 5.22. The van der Waals surface area contributed by atoms with E-state index < -0.39 is 5.97 Å². The molecule has 0 saturated carbocycles. The predicted molar refractivity (Wildman–Crippen MR) is 92.4 cm³/mol. The van der Waals surface area contributed by atoms with E-state index in [4.69, 9.17) is 21.1 Å². The van der Waals surface area contributed by atoms with Gasteiger partial charge in [-0.1, -0.05) is 42.8 Å². The van der Waals surface area contributed by atoms with Crippen molar-refractivity contribution >= 4 is 23.5 Å². The van der Waals surface area contributed by atoms with Gasteiger partial charge in [-0.2, -0.15) is 0 Å². The van der Waals surface area contributed by atoms with Crippen molar-refractivity contribution in [3.05, 3.63) is 59.1 Å². The monoisotopic (exact) mass is 346 g/mol. The van der Waals surface area contributed by atoms with Crippen LogP contribution in [0.15, 0.2) is 48.5 Å². The second kappa shape index (κ2) is 9.08. The van der Waals surface area contributed by atoms with Gasteiger partial charge in [0.15, 0.2) is 0 Å². The first-order valence-corrected chi connectivity index (χ1v) is 8.21. The zero-order chi connectivity index (χ0) is 17.4. The van der Waals surface area contributed by atoms with E-state index in [0.717, 1.165) is 12.0 Å². The summed E-state index contributed by atoms with van der Waals surface area (Å²) in [5.41, 5.74) is 0.978. The van der Waals surface area contributed by atoms with E-state index in [1.54, 1.807) is 30.3 Å². The van der Waals surface area contributed by atoms with E-state index >= 15 is 0 Å². The lowest BCUT2D eigenvalue weighted by Crippen LogP contribution is -2.12. The minimum absolute atomic E-state index is 0.136. The fourth-order valence-electron chi connectivity index (χ4n) is 2.16. The zero-order valence-corrected chi connectivity index (χ0v) is 14.2. The normalized spacial score (nSPS) is 10.2. The summed E-state index contributed by atoms with van der Waals surface area (Å²) in [6.07, 6.45) is 1.45. The number of hydrogen-bond acceptors (Lipinski definition) is 4. The number of para-hydroxylation sites is 1. The van der Waals surface area contributed by atoms with Crippen molar-refractivity contribution in [1.82, 2.24) is 0 Å². The van der Waals surface area contributed by atoms with Gasteiger partial charge in [0.05, 0.1) is 0 Å². The average molecular weight is 347 g/mol. The summed E-state index contributed by atoms with van der Waals surface area (Å²) < 4.78 is 10.5. The van der Waals surface area contributed by atoms with Crippen LogP contribution < -0.4 is 9.47 Å². The van der Waals surface area contributed by atoms with E-state index in [0.29, 0.717) is 22.9 Å². The molecule has 0 saturated heterocycles. The van der Waals surface area contributed by atoms with Gasteiger partial charge >= 0.3 is 11.9 Å². The van der Waals surface area contributed by atoms with Crippen LogP contribution in [-0.2, 0) is 16.0 Å². The summed E-state index contributed by atoms with van der Waals surface area (Å²) in [6, 6.07) is 14.0. The van der Waals surface area contributed by atoms with Crippen molar-refractivity contribution < 1.29 is 19.1 Å². The molecule has 4 nitrogen and oxygen atoms in total. The van der Waals surface area contributed by atoms with Crippen LogP contribution in [0.1, 0.15) is 31.7 Å². The van der Waals surface area contributed by atoms with E-state index in [1.165, 1.54) is 0 Å². The molecular weight excluding hydrogens is 328 g/mol. The third-order valence-corrected chi connectivity index (χ3v) is 3.60. The Kier molecular flexibility index (Phi) is 6.82. The molecule has 0 bridgehead atoms. The number of carbonyl (C=O) groups excluding carboxylic acids is 2. The summed E-state index contributed by atoms with van der Waals surface area (Å²) in [5.74, 6) is 0.212. The highest BCUT2D eigenvalue weighted by Crippen LogP contribution is 2.20. The van der Waals surface area contributed by atoms with E-state index in [9.17, 15) is 9.59 Å². The Balaban J connectivity index is 1.75. The Hall–Kier alpha value is -2.33. The predicted octanol–water partition coefficient (Wildman–Crippen LogP) is 4.58. The number of halogens is 1. The third-order valence-electron chi connectivity index (χ3n) is 3.37. The molecule has 126 valence electrons. The van der Waals surface area contributed by atoms with E-state index in [1.807, 2.05) is 25.1 Å². The molecule has 0 heterocycles. The molecular formula is C19H19ClO4. The topological polar surface area (TPSA) is 52.6 Å². The van der Waals surface area contributed by atoms with Crippen molar-refractivity contribution in [2.24, 2.45) is 0 Å². The highest BCUT2D eigenvalue weighted by atomic mass is 35.5. The lowest BCUT2D eigenvalue weighted by atomic mass is 10.1. The fourth-order valence-corrected chi connectivity index (χ4v) is 2.34. The smallest absolute Gasteiger partial charge is 0.311 e. The highest BCUT2D eigenvalue weighted by Gasteiger charge is 2.11. The van der Waals surface area contributed by atoms with Crippen molar-refractivity contribution in [2.75, 3.05) is 0 Å². The van der Waals surface area contributed by atoms with Crippen molar-refractivity contribution in [3.63, 3.8) is 0 Å². The first-order valence-electron chi connectivity index (χ1n) is 7.83. The molecule has 2 rings (SSSR count). The number of rotatable bonds is 7. The molecule has 0 amide bonds. The zero-order valence-electron chi connectivity index (χ0n) is 13.5. The molecule has 2 aromatic carbocycles. The van der Waals surface area contributed by atoms with Gasteiger partial charge in [-0.3, -0.25) is 9.59 Å². The molecule has 24 heavy (non-hydrogen) atoms. The summed E-state index contributed by atoms with van der Waals surface area (Å²) >= 11 is 5.82. The fraction of sp³-hybridized carbons (Fsp3) is 0.263. The number of ether oxygens (including phenoxy) is 2. The van der Waals surface area contributed by atoms with Gasteiger partial charge in [0.1, 0.15) is 11.5 Å². The van der Waals surface area contributed by atoms with Crippen LogP contribution in [0.3, 0.4) is 0 Å². The highest BCUT2D eigenvalue weighted by molar-refractivity contribution is 6.30. The van der Waals surface area contributed by atoms with Crippen LogP contribution in [0.25, 0.3) is 0 Å². The summed E-state index contributed by atoms with van der Waals surface area (Å²) in [7, 11) is 0. The summed E-state index contributed by atoms with van der Waals surface area (Å²) in [6.45, 7) is 2.00. The molecule has 2 aromatic rings. The minimum atomic E-state index is -0.404. The molecule has 0 spiro atoms. The van der Waals surface area contributed by atoms with Gasteiger partial charge in [0.2, 0.25) is 0 Å². The number of aryl methyl sites for hydroxylation is 1. The molecule has 0 atom stereocenters. The minimum Gasteiger partial charge on any atom is -0.426 e. The van der Waals surface area contributed by atoms with Crippen molar-refractivity contribution in [2.45, 2.75) is 32.6 Å². The van der Waals surface area contributed by atoms with Crippen LogP contribution in [0.5, 0.6) is 11.5 Å². The van der Waals surface area contributed by atoms with Gasteiger partial charge in [-0.15, -0.1) is 0 Å². The maximum Gasteiger partial charge on any atom is 0.311 e. The Morgan fingerprint density at radius 3 is 2.38 bits per heavy atom. The standard InChI is InChI=1S/C19H19ClO4/c1-2-14-7-3-4-10-17(14)24-19(22)12-6-11-18(21)23-16-9-5-8-15(20)13-16/h3-5,7-10,13H,2,6,11-12H2,1H3. The lowest BCUT2D eigenvalue weighted by molar-refractivity contribution is -0.136. The van der Waals surface area contributed by atoms with Gasteiger partial charge in [-0.25, -0.2) is 0 Å². The number of esters is 2. The van der Waals surface area contributed by atoms with E-state index in [-0.39, 0.29) is 18.8 Å². The Bertz CT molecular complexity index is 712. The molecule has 0 aliphatic heterocycles. The van der Waals surface area contributed by atoms with Crippen molar-refractivity contribution in [3.8, 4) is 11.5 Å². The van der Waals surface area contributed by atoms with Crippen LogP contribution >= 0.6 is 11.6 Å². The molecule has 0 aromatic heterocycles. The second-order valence-corrected chi connectivity index (χ2v) is 5.66. The number of hydrogen-bond donors (Lipinski definition) is 0. The average Bonchev–Trinajstić information content (AvgIpc) is 2.55. The SMILES string of the molecule is CCc1ccccc1OC(=O)CCCC(=O)Oc1cccc(Cl)c1. The molecule has 0 unspecified atom stereocenters. The molecule has 0 aliphatic carbocycles. The maximum atomic E-state index is 11.9. The molecule has 0 N–H and O–H groups in total. The number of benzene rings is 2. The Morgan fingerprint density at radius 1 is 0.958 bits per heavy atom. The largest absolute Gasteiger partial charge is 0.426 e. The quantitative estimate of drug-likeness (QED) is 0.543. The maximum absolute atomic E-state index is 11.9. The van der Waals surface area contributed by atoms with Crippen molar-refractivity contribution in [1.29, 1.82) is 0 Å². The van der Waals surface area contributed by atoms with E-state index in [2.05, 4.69) is 0 Å².